The minimum absolute atomic E-state index is 0.0699. The van der Waals surface area contributed by atoms with Crippen LogP contribution in [-0.4, -0.2) is 53.3 Å². The smallest absolute Gasteiger partial charge is 0.319 e. The molecule has 3 aromatic rings. The Balaban J connectivity index is 1.69. The van der Waals surface area contributed by atoms with Gasteiger partial charge in [0.25, 0.3) is 0 Å². The lowest BCUT2D eigenvalue weighted by Gasteiger charge is -2.30. The first-order valence-electron chi connectivity index (χ1n) is 10.8. The molecule has 0 saturated carbocycles. The highest BCUT2D eigenvalue weighted by Crippen LogP contribution is 2.31. The highest BCUT2D eigenvalue weighted by atomic mass is 16.5. The van der Waals surface area contributed by atoms with Crippen molar-refractivity contribution in [3.05, 3.63) is 54.4 Å². The van der Waals surface area contributed by atoms with E-state index in [1.807, 2.05) is 50.2 Å². The maximum absolute atomic E-state index is 12.0. The molecule has 0 spiro atoms. The molecule has 0 radical (unpaired) electrons. The topological polar surface area (TPSA) is 92.3 Å². The molecular weight excluding hydrogens is 404 g/mol. The van der Waals surface area contributed by atoms with Gasteiger partial charge in [-0.25, -0.2) is 14.8 Å². The fraction of sp³-hybridized carbons (Fsp3) is 0.333. The molecule has 0 unspecified atom stereocenters. The number of nitrogens with one attached hydrogen (secondary N) is 2. The van der Waals surface area contributed by atoms with Gasteiger partial charge in [0.2, 0.25) is 0 Å². The number of hydrogen-bond donors (Lipinski definition) is 2. The lowest BCUT2D eigenvalue weighted by Crippen LogP contribution is -2.37. The van der Waals surface area contributed by atoms with E-state index in [4.69, 9.17) is 14.7 Å². The summed E-state index contributed by atoms with van der Waals surface area (Å²) in [7, 11) is 0. The SMILES string of the molecule is Cc1c(-c2ccncc2)nc(-c2ccc(NC(=O)NC(C)C)cc2)nc1N1CCOCC1. The Labute approximate surface area is 188 Å². The zero-order chi connectivity index (χ0) is 22.5. The number of urea groups is 1. The number of carbonyl (C=O) groups excluding carboxylic acids is 1. The Hall–Kier alpha value is -3.52. The number of morpholine rings is 1. The number of hydrogen-bond acceptors (Lipinski definition) is 6. The molecule has 1 saturated heterocycles. The summed E-state index contributed by atoms with van der Waals surface area (Å²) in [5.41, 5.74) is 4.51. The van der Waals surface area contributed by atoms with Crippen molar-refractivity contribution in [1.82, 2.24) is 20.3 Å². The number of aromatic nitrogens is 3. The van der Waals surface area contributed by atoms with Crippen LogP contribution in [0.25, 0.3) is 22.6 Å². The van der Waals surface area contributed by atoms with Crippen LogP contribution in [0.15, 0.2) is 48.8 Å². The van der Waals surface area contributed by atoms with E-state index in [0.717, 1.165) is 41.3 Å². The second-order valence-electron chi connectivity index (χ2n) is 8.01. The van der Waals surface area contributed by atoms with Gasteiger partial charge in [0, 0.05) is 53.9 Å². The Morgan fingerprint density at radius 1 is 1.00 bits per heavy atom. The van der Waals surface area contributed by atoms with E-state index >= 15 is 0 Å². The minimum atomic E-state index is -0.228. The van der Waals surface area contributed by atoms with Crippen molar-refractivity contribution in [2.75, 3.05) is 36.5 Å². The van der Waals surface area contributed by atoms with Gasteiger partial charge in [0.05, 0.1) is 18.9 Å². The number of amides is 2. The lowest BCUT2D eigenvalue weighted by atomic mass is 10.1. The molecule has 0 aliphatic carbocycles. The summed E-state index contributed by atoms with van der Waals surface area (Å²) >= 11 is 0. The average Bonchev–Trinajstić information content (AvgIpc) is 2.80. The number of carbonyl (C=O) groups is 1. The van der Waals surface area contributed by atoms with Crippen molar-refractivity contribution in [1.29, 1.82) is 0 Å². The monoisotopic (exact) mass is 432 g/mol. The Morgan fingerprint density at radius 3 is 2.34 bits per heavy atom. The zero-order valence-corrected chi connectivity index (χ0v) is 18.6. The van der Waals surface area contributed by atoms with E-state index in [9.17, 15) is 4.79 Å². The van der Waals surface area contributed by atoms with Gasteiger partial charge < -0.3 is 20.3 Å². The van der Waals surface area contributed by atoms with Crippen LogP contribution >= 0.6 is 0 Å². The van der Waals surface area contributed by atoms with Crippen molar-refractivity contribution >= 4 is 17.5 Å². The first-order chi connectivity index (χ1) is 15.5. The molecule has 1 aliphatic rings. The van der Waals surface area contributed by atoms with Crippen molar-refractivity contribution in [2.45, 2.75) is 26.8 Å². The highest BCUT2D eigenvalue weighted by molar-refractivity contribution is 5.89. The molecule has 1 aliphatic heterocycles. The van der Waals surface area contributed by atoms with Crippen LogP contribution in [0.1, 0.15) is 19.4 Å². The van der Waals surface area contributed by atoms with E-state index < -0.39 is 0 Å². The van der Waals surface area contributed by atoms with Crippen molar-refractivity contribution in [3.8, 4) is 22.6 Å². The van der Waals surface area contributed by atoms with Crippen LogP contribution in [0.4, 0.5) is 16.3 Å². The van der Waals surface area contributed by atoms with Crippen LogP contribution in [0.2, 0.25) is 0 Å². The minimum Gasteiger partial charge on any atom is -0.378 e. The van der Waals surface area contributed by atoms with Crippen LogP contribution in [0, 0.1) is 6.92 Å². The van der Waals surface area contributed by atoms with Gasteiger partial charge in [-0.15, -0.1) is 0 Å². The van der Waals surface area contributed by atoms with Crippen molar-refractivity contribution < 1.29 is 9.53 Å². The molecule has 2 amide bonds. The van der Waals surface area contributed by atoms with Crippen molar-refractivity contribution in [3.63, 3.8) is 0 Å². The maximum Gasteiger partial charge on any atom is 0.319 e. The molecule has 4 rings (SSSR count). The largest absolute Gasteiger partial charge is 0.378 e. The van der Waals surface area contributed by atoms with Gasteiger partial charge in [-0.3, -0.25) is 4.98 Å². The lowest BCUT2D eigenvalue weighted by molar-refractivity contribution is 0.122. The number of pyridine rings is 1. The molecule has 8 nitrogen and oxygen atoms in total. The first-order valence-corrected chi connectivity index (χ1v) is 10.8. The molecule has 1 fully saturated rings. The van der Waals surface area contributed by atoms with Gasteiger partial charge >= 0.3 is 6.03 Å². The van der Waals surface area contributed by atoms with Crippen LogP contribution < -0.4 is 15.5 Å². The zero-order valence-electron chi connectivity index (χ0n) is 18.6. The number of benzene rings is 1. The standard InChI is InChI=1S/C24H28N6O2/c1-16(2)26-24(31)27-20-6-4-19(5-7-20)22-28-21(18-8-10-25-11-9-18)17(3)23(29-22)30-12-14-32-15-13-30/h4-11,16H,12-15H2,1-3H3,(H2,26,27,31). The second-order valence-corrected chi connectivity index (χ2v) is 8.01. The number of nitrogens with zero attached hydrogens (tertiary/aromatic N) is 4. The van der Waals surface area contributed by atoms with E-state index in [-0.39, 0.29) is 12.1 Å². The van der Waals surface area contributed by atoms with Gasteiger partial charge in [-0.1, -0.05) is 0 Å². The summed E-state index contributed by atoms with van der Waals surface area (Å²) in [6.45, 7) is 8.85. The van der Waals surface area contributed by atoms with Crippen LogP contribution in [0.5, 0.6) is 0 Å². The number of rotatable bonds is 5. The molecule has 2 aromatic heterocycles. The third-order valence-electron chi connectivity index (χ3n) is 5.21. The van der Waals surface area contributed by atoms with E-state index in [2.05, 4.69) is 27.4 Å². The summed E-state index contributed by atoms with van der Waals surface area (Å²) < 4.78 is 5.53. The first kappa shape index (κ1) is 21.7. The highest BCUT2D eigenvalue weighted by Gasteiger charge is 2.20. The molecule has 0 bridgehead atoms. The molecule has 32 heavy (non-hydrogen) atoms. The van der Waals surface area contributed by atoms with E-state index in [1.165, 1.54) is 0 Å². The van der Waals surface area contributed by atoms with Gasteiger partial charge in [-0.05, 0) is 57.2 Å². The molecule has 166 valence electrons. The van der Waals surface area contributed by atoms with Gasteiger partial charge in [-0.2, -0.15) is 0 Å². The normalized spacial score (nSPS) is 13.8. The van der Waals surface area contributed by atoms with E-state index in [1.54, 1.807) is 12.4 Å². The average molecular weight is 433 g/mol. The molecule has 1 aromatic carbocycles. The molecule has 0 atom stereocenters. The van der Waals surface area contributed by atoms with Crippen LogP contribution in [-0.2, 0) is 4.74 Å². The summed E-state index contributed by atoms with van der Waals surface area (Å²) in [6, 6.07) is 11.3. The summed E-state index contributed by atoms with van der Waals surface area (Å²) in [6.07, 6.45) is 3.54. The molecule has 8 heteroatoms. The van der Waals surface area contributed by atoms with E-state index in [0.29, 0.717) is 24.7 Å². The fourth-order valence-electron chi connectivity index (χ4n) is 3.64. The molecule has 3 heterocycles. The Kier molecular flexibility index (Phi) is 6.61. The third-order valence-corrected chi connectivity index (χ3v) is 5.21. The van der Waals surface area contributed by atoms with Gasteiger partial charge in [0.1, 0.15) is 5.82 Å². The van der Waals surface area contributed by atoms with Gasteiger partial charge in [0.15, 0.2) is 5.82 Å². The summed E-state index contributed by atoms with van der Waals surface area (Å²) in [5.74, 6) is 1.56. The fourth-order valence-corrected chi connectivity index (χ4v) is 3.64. The maximum atomic E-state index is 12.0. The third kappa shape index (κ3) is 5.03. The van der Waals surface area contributed by atoms with Crippen molar-refractivity contribution in [2.24, 2.45) is 0 Å². The summed E-state index contributed by atoms with van der Waals surface area (Å²) in [5, 5.41) is 5.66. The predicted octanol–water partition coefficient (Wildman–Crippen LogP) is 3.88. The Bertz CT molecular complexity index is 1060. The van der Waals surface area contributed by atoms with Crippen LogP contribution in [0.3, 0.4) is 0 Å². The second kappa shape index (κ2) is 9.74. The summed E-state index contributed by atoms with van der Waals surface area (Å²) in [4.78, 5) is 28.2. The number of anilines is 2. The molecule has 2 N–H and O–H groups in total. The number of ether oxygens (including phenoxy) is 1. The Morgan fingerprint density at radius 2 is 1.69 bits per heavy atom. The molecular formula is C24H28N6O2. The predicted molar refractivity (Wildman–Crippen MR) is 126 cm³/mol. The quantitative estimate of drug-likeness (QED) is 0.636.